The van der Waals surface area contributed by atoms with Crippen molar-refractivity contribution in [2.75, 3.05) is 12.4 Å². The minimum Gasteiger partial charge on any atom is -0.497 e. The number of amides is 1. The zero-order valence-electron chi connectivity index (χ0n) is 11.7. The van der Waals surface area contributed by atoms with E-state index >= 15 is 0 Å². The van der Waals surface area contributed by atoms with Gasteiger partial charge in [0.25, 0.3) is 5.91 Å². The topological polar surface area (TPSA) is 38.3 Å². The predicted octanol–water partition coefficient (Wildman–Crippen LogP) is 3.70. The Balaban J connectivity index is 2.26. The Morgan fingerprint density at radius 2 is 1.90 bits per heavy atom. The number of nitrogens with one attached hydrogen (secondary N) is 1. The minimum atomic E-state index is -0.604. The molecular formula is C16H16FNO2. The van der Waals surface area contributed by atoms with Crippen molar-refractivity contribution in [1.82, 2.24) is 0 Å². The summed E-state index contributed by atoms with van der Waals surface area (Å²) in [6.45, 7) is 3.82. The Morgan fingerprint density at radius 1 is 1.15 bits per heavy atom. The average Bonchev–Trinajstić information content (AvgIpc) is 2.42. The van der Waals surface area contributed by atoms with E-state index < -0.39 is 11.7 Å². The summed E-state index contributed by atoms with van der Waals surface area (Å²) in [6, 6.07) is 9.89. The van der Waals surface area contributed by atoms with E-state index in [1.807, 2.05) is 32.0 Å². The van der Waals surface area contributed by atoms with Gasteiger partial charge in [0.05, 0.1) is 12.7 Å². The first-order chi connectivity index (χ1) is 9.51. The molecule has 104 valence electrons. The maximum atomic E-state index is 13.8. The second-order valence-corrected chi connectivity index (χ2v) is 4.62. The molecule has 0 heterocycles. The maximum absolute atomic E-state index is 13.8. The van der Waals surface area contributed by atoms with Crippen molar-refractivity contribution < 1.29 is 13.9 Å². The summed E-state index contributed by atoms with van der Waals surface area (Å²) < 4.78 is 18.7. The Hall–Kier alpha value is -2.36. The van der Waals surface area contributed by atoms with Gasteiger partial charge in [-0.25, -0.2) is 4.39 Å². The molecule has 0 unspecified atom stereocenters. The standard InChI is InChI=1S/C16H16FNO2/c1-10-4-5-11(2)15(8-10)18-16(19)13-7-6-12(20-3)9-14(13)17/h4-9H,1-3H3,(H,18,19). The summed E-state index contributed by atoms with van der Waals surface area (Å²) in [7, 11) is 1.45. The van der Waals surface area contributed by atoms with Gasteiger partial charge in [0, 0.05) is 11.8 Å². The summed E-state index contributed by atoms with van der Waals surface area (Å²) in [5, 5.41) is 2.73. The third-order valence-corrected chi connectivity index (χ3v) is 3.06. The molecule has 0 bridgehead atoms. The van der Waals surface area contributed by atoms with Gasteiger partial charge in [0.1, 0.15) is 11.6 Å². The van der Waals surface area contributed by atoms with Crippen LogP contribution in [0.4, 0.5) is 10.1 Å². The van der Waals surface area contributed by atoms with Crippen molar-refractivity contribution in [3.8, 4) is 5.75 Å². The third-order valence-electron chi connectivity index (χ3n) is 3.06. The molecule has 0 aliphatic heterocycles. The molecule has 0 radical (unpaired) electrons. The van der Waals surface area contributed by atoms with Crippen LogP contribution in [-0.2, 0) is 0 Å². The smallest absolute Gasteiger partial charge is 0.258 e. The van der Waals surface area contributed by atoms with Gasteiger partial charge in [0.2, 0.25) is 0 Å². The largest absolute Gasteiger partial charge is 0.497 e. The molecule has 0 atom stereocenters. The number of anilines is 1. The van der Waals surface area contributed by atoms with Crippen LogP contribution >= 0.6 is 0 Å². The van der Waals surface area contributed by atoms with Gasteiger partial charge >= 0.3 is 0 Å². The highest BCUT2D eigenvalue weighted by Gasteiger charge is 2.13. The van der Waals surface area contributed by atoms with Crippen molar-refractivity contribution in [3.05, 3.63) is 58.9 Å². The van der Waals surface area contributed by atoms with Gasteiger partial charge in [-0.2, -0.15) is 0 Å². The van der Waals surface area contributed by atoms with Gasteiger partial charge < -0.3 is 10.1 Å². The highest BCUT2D eigenvalue weighted by Crippen LogP contribution is 2.20. The van der Waals surface area contributed by atoms with E-state index in [4.69, 9.17) is 4.74 Å². The molecule has 0 saturated heterocycles. The van der Waals surface area contributed by atoms with Gasteiger partial charge in [-0.3, -0.25) is 4.79 Å². The molecule has 20 heavy (non-hydrogen) atoms. The van der Waals surface area contributed by atoms with Gasteiger partial charge in [-0.15, -0.1) is 0 Å². The molecule has 1 amide bonds. The third kappa shape index (κ3) is 2.96. The Labute approximate surface area is 117 Å². The number of carbonyl (C=O) groups excluding carboxylic acids is 1. The molecule has 2 aromatic rings. The molecule has 2 aromatic carbocycles. The summed E-state index contributed by atoms with van der Waals surface area (Å²) in [6.07, 6.45) is 0. The Kier molecular flexibility index (Phi) is 4.03. The van der Waals surface area contributed by atoms with E-state index in [0.29, 0.717) is 11.4 Å². The van der Waals surface area contributed by atoms with Crippen LogP contribution in [0.3, 0.4) is 0 Å². The van der Waals surface area contributed by atoms with E-state index in [9.17, 15) is 9.18 Å². The molecule has 0 aromatic heterocycles. The molecule has 4 heteroatoms. The zero-order valence-corrected chi connectivity index (χ0v) is 11.7. The van der Waals surface area contributed by atoms with E-state index in [2.05, 4.69) is 5.32 Å². The van der Waals surface area contributed by atoms with Gasteiger partial charge in [-0.05, 0) is 43.2 Å². The van der Waals surface area contributed by atoms with Crippen molar-refractivity contribution in [2.24, 2.45) is 0 Å². The van der Waals surface area contributed by atoms with Crippen molar-refractivity contribution >= 4 is 11.6 Å². The van der Waals surface area contributed by atoms with Crippen LogP contribution < -0.4 is 10.1 Å². The lowest BCUT2D eigenvalue weighted by atomic mass is 10.1. The lowest BCUT2D eigenvalue weighted by Gasteiger charge is -2.10. The summed E-state index contributed by atoms with van der Waals surface area (Å²) >= 11 is 0. The van der Waals surface area contributed by atoms with Gasteiger partial charge in [0.15, 0.2) is 0 Å². The Bertz CT molecular complexity index is 653. The Morgan fingerprint density at radius 3 is 2.55 bits per heavy atom. The van der Waals surface area contributed by atoms with Crippen molar-refractivity contribution in [2.45, 2.75) is 13.8 Å². The average molecular weight is 273 g/mol. The predicted molar refractivity (Wildman–Crippen MR) is 76.8 cm³/mol. The number of hydrogen-bond acceptors (Lipinski definition) is 2. The number of halogens is 1. The van der Waals surface area contributed by atoms with Crippen LogP contribution in [-0.4, -0.2) is 13.0 Å². The SMILES string of the molecule is COc1ccc(C(=O)Nc2cc(C)ccc2C)c(F)c1. The van der Waals surface area contributed by atoms with Crippen LogP contribution in [0, 0.1) is 19.7 Å². The number of benzene rings is 2. The van der Waals surface area contributed by atoms with Crippen LogP contribution in [0.1, 0.15) is 21.5 Å². The van der Waals surface area contributed by atoms with Crippen molar-refractivity contribution in [1.29, 1.82) is 0 Å². The minimum absolute atomic E-state index is 0.00768. The maximum Gasteiger partial charge on any atom is 0.258 e. The fourth-order valence-corrected chi connectivity index (χ4v) is 1.87. The number of ether oxygens (including phenoxy) is 1. The molecular weight excluding hydrogens is 257 g/mol. The lowest BCUT2D eigenvalue weighted by Crippen LogP contribution is -2.14. The molecule has 0 aliphatic rings. The monoisotopic (exact) mass is 273 g/mol. The van der Waals surface area contributed by atoms with Crippen LogP contribution in [0.15, 0.2) is 36.4 Å². The first-order valence-corrected chi connectivity index (χ1v) is 6.23. The number of rotatable bonds is 3. The zero-order chi connectivity index (χ0) is 14.7. The first-order valence-electron chi connectivity index (χ1n) is 6.23. The van der Waals surface area contributed by atoms with Crippen LogP contribution in [0.25, 0.3) is 0 Å². The van der Waals surface area contributed by atoms with Crippen LogP contribution in [0.5, 0.6) is 5.75 Å². The number of methoxy groups -OCH3 is 1. The normalized spacial score (nSPS) is 10.2. The van der Waals surface area contributed by atoms with E-state index in [-0.39, 0.29) is 5.56 Å². The highest BCUT2D eigenvalue weighted by atomic mass is 19.1. The van der Waals surface area contributed by atoms with E-state index in [1.54, 1.807) is 6.07 Å². The molecule has 0 saturated carbocycles. The second-order valence-electron chi connectivity index (χ2n) is 4.62. The quantitative estimate of drug-likeness (QED) is 0.926. The molecule has 0 spiro atoms. The van der Waals surface area contributed by atoms with Gasteiger partial charge in [-0.1, -0.05) is 12.1 Å². The summed E-state index contributed by atoms with van der Waals surface area (Å²) in [5.41, 5.74) is 2.64. The fraction of sp³-hybridized carbons (Fsp3) is 0.188. The molecule has 0 fully saturated rings. The first kappa shape index (κ1) is 14.1. The summed E-state index contributed by atoms with van der Waals surface area (Å²) in [5.74, 6) is -0.697. The second kappa shape index (κ2) is 5.74. The molecule has 3 nitrogen and oxygen atoms in total. The van der Waals surface area contributed by atoms with Crippen LogP contribution in [0.2, 0.25) is 0 Å². The molecule has 1 N–H and O–H groups in total. The lowest BCUT2D eigenvalue weighted by molar-refractivity contribution is 0.102. The summed E-state index contributed by atoms with van der Waals surface area (Å²) in [4.78, 5) is 12.1. The van der Waals surface area contributed by atoms with Crippen molar-refractivity contribution in [3.63, 3.8) is 0 Å². The van der Waals surface area contributed by atoms with E-state index in [1.165, 1.54) is 19.2 Å². The number of carbonyl (C=O) groups is 1. The van der Waals surface area contributed by atoms with E-state index in [0.717, 1.165) is 11.1 Å². The fourth-order valence-electron chi connectivity index (χ4n) is 1.87. The molecule has 0 aliphatic carbocycles. The highest BCUT2D eigenvalue weighted by molar-refractivity contribution is 6.04. The number of hydrogen-bond donors (Lipinski definition) is 1. The molecule has 2 rings (SSSR count). The number of aryl methyl sites for hydroxylation is 2.